The number of aliphatic hydroxyl groups excluding tert-OH is 1. The lowest BCUT2D eigenvalue weighted by Crippen LogP contribution is -2.29. The van der Waals surface area contributed by atoms with Crippen LogP contribution in [0.2, 0.25) is 0 Å². The van der Waals surface area contributed by atoms with E-state index in [2.05, 4.69) is 10.2 Å². The van der Waals surface area contributed by atoms with Gasteiger partial charge in [-0.15, -0.1) is 10.2 Å². The zero-order valence-corrected chi connectivity index (χ0v) is 20.1. The van der Waals surface area contributed by atoms with E-state index in [1.807, 2.05) is 30.3 Å². The molecule has 8 nitrogen and oxygen atoms in total. The van der Waals surface area contributed by atoms with Crippen molar-refractivity contribution in [2.24, 2.45) is 0 Å². The molecule has 1 atom stereocenters. The first-order valence-corrected chi connectivity index (χ1v) is 12.4. The number of anilines is 1. The summed E-state index contributed by atoms with van der Waals surface area (Å²) in [5.74, 6) is -0.330. The number of aromatic nitrogens is 2. The van der Waals surface area contributed by atoms with Crippen molar-refractivity contribution in [2.75, 3.05) is 12.0 Å². The molecule has 1 N–H and O–H groups in total. The molecular formula is C25H19N3O5S2. The molecule has 0 bridgehead atoms. The van der Waals surface area contributed by atoms with Gasteiger partial charge in [0.05, 0.1) is 18.9 Å². The summed E-state index contributed by atoms with van der Waals surface area (Å²) in [6.45, 7) is 0. The molecule has 0 spiro atoms. The van der Waals surface area contributed by atoms with Crippen LogP contribution in [0.3, 0.4) is 0 Å². The van der Waals surface area contributed by atoms with Gasteiger partial charge in [0.2, 0.25) is 5.13 Å². The zero-order valence-electron chi connectivity index (χ0n) is 18.5. The van der Waals surface area contributed by atoms with E-state index in [9.17, 15) is 14.7 Å². The summed E-state index contributed by atoms with van der Waals surface area (Å²) in [5.41, 5.74) is 1.42. The molecule has 1 unspecified atom stereocenters. The molecule has 5 rings (SSSR count). The maximum absolute atomic E-state index is 13.1. The average molecular weight is 506 g/mol. The van der Waals surface area contributed by atoms with E-state index in [-0.39, 0.29) is 16.5 Å². The molecule has 0 aliphatic carbocycles. The minimum atomic E-state index is -0.980. The standard InChI is InChI=1S/C25H19N3O5S2/c1-32-17-11-9-16(10-12-17)21(29)19-20(18-8-5-13-33-18)28(23(31)22(19)30)24-26-27-25(35-24)34-14-15-6-3-2-4-7-15/h2-13,20,29H,14H2,1H3/b21-19-. The molecule has 0 radical (unpaired) electrons. The zero-order chi connectivity index (χ0) is 24.4. The Kier molecular flexibility index (Phi) is 6.39. The molecule has 1 aliphatic heterocycles. The van der Waals surface area contributed by atoms with Gasteiger partial charge in [0, 0.05) is 11.3 Å². The number of thioether (sulfide) groups is 1. The third kappa shape index (κ3) is 4.45. The molecule has 1 aliphatic rings. The molecule has 176 valence electrons. The highest BCUT2D eigenvalue weighted by Crippen LogP contribution is 2.44. The van der Waals surface area contributed by atoms with Gasteiger partial charge in [0.15, 0.2) is 4.34 Å². The quantitative estimate of drug-likeness (QED) is 0.122. The van der Waals surface area contributed by atoms with Crippen molar-refractivity contribution in [1.82, 2.24) is 10.2 Å². The van der Waals surface area contributed by atoms with Crippen molar-refractivity contribution in [1.29, 1.82) is 0 Å². The molecule has 35 heavy (non-hydrogen) atoms. The summed E-state index contributed by atoms with van der Waals surface area (Å²) in [7, 11) is 1.53. The lowest BCUT2D eigenvalue weighted by atomic mass is 9.99. The first kappa shape index (κ1) is 22.9. The second-order valence-corrected chi connectivity index (χ2v) is 9.72. The largest absolute Gasteiger partial charge is 0.507 e. The Bertz CT molecular complexity index is 1380. The summed E-state index contributed by atoms with van der Waals surface area (Å²) >= 11 is 2.69. The van der Waals surface area contributed by atoms with Gasteiger partial charge in [0.25, 0.3) is 5.78 Å². The number of hydrogen-bond acceptors (Lipinski definition) is 9. The summed E-state index contributed by atoms with van der Waals surface area (Å²) in [4.78, 5) is 27.5. The van der Waals surface area contributed by atoms with Crippen LogP contribution in [-0.4, -0.2) is 34.1 Å². The van der Waals surface area contributed by atoms with Crippen molar-refractivity contribution in [3.8, 4) is 5.75 Å². The van der Waals surface area contributed by atoms with Gasteiger partial charge < -0.3 is 14.3 Å². The third-order valence-electron chi connectivity index (χ3n) is 5.43. The van der Waals surface area contributed by atoms with Gasteiger partial charge >= 0.3 is 5.91 Å². The molecule has 1 saturated heterocycles. The van der Waals surface area contributed by atoms with E-state index in [0.717, 1.165) is 5.56 Å². The van der Waals surface area contributed by atoms with Crippen LogP contribution < -0.4 is 9.64 Å². The topological polar surface area (TPSA) is 106 Å². The van der Waals surface area contributed by atoms with Gasteiger partial charge in [0.1, 0.15) is 23.3 Å². The molecule has 10 heteroatoms. The van der Waals surface area contributed by atoms with Crippen LogP contribution in [0.1, 0.15) is 22.9 Å². The number of furan rings is 1. The number of carbonyl (C=O) groups is 2. The van der Waals surface area contributed by atoms with E-state index >= 15 is 0 Å². The summed E-state index contributed by atoms with van der Waals surface area (Å²) in [5, 5.41) is 19.7. The first-order chi connectivity index (χ1) is 17.1. The fraction of sp³-hybridized carbons (Fsp3) is 0.120. The molecule has 1 fully saturated rings. The normalized spacial score (nSPS) is 17.2. The second-order valence-electron chi connectivity index (χ2n) is 7.54. The number of ether oxygens (including phenoxy) is 1. The predicted octanol–water partition coefficient (Wildman–Crippen LogP) is 5.06. The average Bonchev–Trinajstić information content (AvgIpc) is 3.64. The van der Waals surface area contributed by atoms with Crippen LogP contribution in [-0.2, 0) is 15.3 Å². The Balaban J connectivity index is 1.51. The molecule has 4 aromatic rings. The van der Waals surface area contributed by atoms with Crippen molar-refractivity contribution >= 4 is 45.7 Å². The highest BCUT2D eigenvalue weighted by Gasteiger charge is 2.49. The number of ketones is 1. The molecule has 0 saturated carbocycles. The molecule has 2 aromatic carbocycles. The molecular weight excluding hydrogens is 486 g/mol. The summed E-state index contributed by atoms with van der Waals surface area (Å²) in [6, 6.07) is 18.8. The Morgan fingerprint density at radius 1 is 1.09 bits per heavy atom. The highest BCUT2D eigenvalue weighted by atomic mass is 32.2. The van der Waals surface area contributed by atoms with E-state index < -0.39 is 17.7 Å². The number of methoxy groups -OCH3 is 1. The van der Waals surface area contributed by atoms with Crippen LogP contribution in [0.5, 0.6) is 5.75 Å². The SMILES string of the molecule is COc1ccc(/C(O)=C2/C(=O)C(=O)N(c3nnc(SCc4ccccc4)s3)C2c2ccco2)cc1. The number of Topliss-reactive ketones (excluding diaryl/α,β-unsaturated/α-hetero) is 1. The highest BCUT2D eigenvalue weighted by molar-refractivity contribution is 8.00. The minimum Gasteiger partial charge on any atom is -0.507 e. The van der Waals surface area contributed by atoms with E-state index in [0.29, 0.717) is 27.2 Å². The maximum atomic E-state index is 13.1. The monoisotopic (exact) mass is 505 g/mol. The number of aliphatic hydroxyl groups is 1. The van der Waals surface area contributed by atoms with Crippen molar-refractivity contribution in [2.45, 2.75) is 16.1 Å². The predicted molar refractivity (Wildman–Crippen MR) is 132 cm³/mol. The van der Waals surface area contributed by atoms with E-state index in [4.69, 9.17) is 9.15 Å². The van der Waals surface area contributed by atoms with Gasteiger partial charge in [-0.2, -0.15) is 0 Å². The van der Waals surface area contributed by atoms with Crippen LogP contribution in [0.15, 0.2) is 87.3 Å². The molecule has 1 amide bonds. The number of amides is 1. The minimum absolute atomic E-state index is 0.0798. The number of nitrogens with zero attached hydrogens (tertiary/aromatic N) is 3. The lowest BCUT2D eigenvalue weighted by Gasteiger charge is -2.20. The molecule has 2 aromatic heterocycles. The van der Waals surface area contributed by atoms with Crippen LogP contribution in [0.4, 0.5) is 5.13 Å². The Morgan fingerprint density at radius 2 is 1.86 bits per heavy atom. The fourth-order valence-corrected chi connectivity index (χ4v) is 5.55. The summed E-state index contributed by atoms with van der Waals surface area (Å²) < 4.78 is 11.4. The van der Waals surface area contributed by atoms with Gasteiger partial charge in [-0.3, -0.25) is 14.5 Å². The maximum Gasteiger partial charge on any atom is 0.302 e. The van der Waals surface area contributed by atoms with Crippen LogP contribution in [0.25, 0.3) is 5.76 Å². The van der Waals surface area contributed by atoms with E-state index in [1.165, 1.54) is 41.4 Å². The van der Waals surface area contributed by atoms with E-state index in [1.54, 1.807) is 36.4 Å². The van der Waals surface area contributed by atoms with Crippen LogP contribution in [0, 0.1) is 0 Å². The van der Waals surface area contributed by atoms with Crippen molar-refractivity contribution in [3.63, 3.8) is 0 Å². The first-order valence-electron chi connectivity index (χ1n) is 10.6. The third-order valence-corrected chi connectivity index (χ3v) is 7.55. The van der Waals surface area contributed by atoms with Crippen molar-refractivity contribution in [3.05, 3.63) is 95.5 Å². The van der Waals surface area contributed by atoms with Crippen molar-refractivity contribution < 1.29 is 23.8 Å². The Hall–Kier alpha value is -3.89. The number of carbonyl (C=O) groups excluding carboxylic acids is 2. The smallest absolute Gasteiger partial charge is 0.302 e. The Labute approximate surface area is 208 Å². The lowest BCUT2D eigenvalue weighted by molar-refractivity contribution is -0.132. The second kappa shape index (κ2) is 9.77. The van der Waals surface area contributed by atoms with Gasteiger partial charge in [-0.1, -0.05) is 53.4 Å². The molecule has 3 heterocycles. The van der Waals surface area contributed by atoms with Crippen LogP contribution >= 0.6 is 23.1 Å². The number of hydrogen-bond donors (Lipinski definition) is 1. The number of rotatable bonds is 7. The fourth-order valence-electron chi connectivity index (χ4n) is 3.73. The Morgan fingerprint density at radius 3 is 2.54 bits per heavy atom. The van der Waals surface area contributed by atoms with Gasteiger partial charge in [-0.05, 0) is 42.0 Å². The number of benzene rings is 2. The van der Waals surface area contributed by atoms with Gasteiger partial charge in [-0.25, -0.2) is 0 Å². The summed E-state index contributed by atoms with van der Waals surface area (Å²) in [6.07, 6.45) is 1.45.